The Morgan fingerprint density at radius 2 is 2.06 bits per heavy atom. The van der Waals surface area contributed by atoms with Crippen molar-refractivity contribution in [1.29, 1.82) is 0 Å². The zero-order chi connectivity index (χ0) is 13.8. The van der Waals surface area contributed by atoms with Gasteiger partial charge in [-0.3, -0.25) is 0 Å². The molecule has 0 aromatic carbocycles. The molecule has 0 heterocycles. The minimum atomic E-state index is -4.07. The Labute approximate surface area is 108 Å². The third-order valence-corrected chi connectivity index (χ3v) is 4.00. The van der Waals surface area contributed by atoms with E-state index in [1.807, 2.05) is 0 Å². The molecule has 1 fully saturated rings. The van der Waals surface area contributed by atoms with Crippen molar-refractivity contribution in [2.75, 3.05) is 26.7 Å². The van der Waals surface area contributed by atoms with Crippen molar-refractivity contribution in [3.05, 3.63) is 0 Å². The van der Waals surface area contributed by atoms with Crippen LogP contribution in [0, 0.1) is 11.3 Å². The maximum Gasteiger partial charge on any atom is 0.390 e. The molecule has 0 aliphatic heterocycles. The second-order valence-corrected chi connectivity index (χ2v) is 6.01. The van der Waals surface area contributed by atoms with Gasteiger partial charge >= 0.3 is 6.18 Å². The number of nitrogens with two attached hydrogens (primary N) is 1. The predicted molar refractivity (Wildman–Crippen MR) is 67.3 cm³/mol. The van der Waals surface area contributed by atoms with Gasteiger partial charge in [-0.1, -0.05) is 19.8 Å². The van der Waals surface area contributed by atoms with Crippen molar-refractivity contribution < 1.29 is 13.2 Å². The minimum Gasteiger partial charge on any atom is -0.330 e. The summed E-state index contributed by atoms with van der Waals surface area (Å²) >= 11 is 0. The molecule has 0 amide bonds. The quantitative estimate of drug-likeness (QED) is 0.828. The van der Waals surface area contributed by atoms with E-state index in [-0.39, 0.29) is 12.0 Å². The van der Waals surface area contributed by atoms with Gasteiger partial charge in [0, 0.05) is 13.1 Å². The number of halogens is 3. The maximum absolute atomic E-state index is 12.2. The summed E-state index contributed by atoms with van der Waals surface area (Å²) in [6.07, 6.45) is -0.354. The molecule has 5 heteroatoms. The fourth-order valence-electron chi connectivity index (χ4n) is 3.13. The molecule has 0 radical (unpaired) electrons. The molecule has 0 saturated heterocycles. The van der Waals surface area contributed by atoms with E-state index in [1.54, 1.807) is 11.9 Å². The summed E-state index contributed by atoms with van der Waals surface area (Å²) in [7, 11) is 1.77. The molecule has 1 aliphatic rings. The van der Waals surface area contributed by atoms with Crippen LogP contribution in [0.4, 0.5) is 13.2 Å². The summed E-state index contributed by atoms with van der Waals surface area (Å²) in [5.74, 6) is 0.637. The van der Waals surface area contributed by atoms with Crippen LogP contribution in [-0.4, -0.2) is 37.8 Å². The molecule has 0 aromatic rings. The van der Waals surface area contributed by atoms with Crippen molar-refractivity contribution in [3.8, 4) is 0 Å². The summed E-state index contributed by atoms with van der Waals surface area (Å²) in [6, 6.07) is 0. The van der Waals surface area contributed by atoms with Crippen LogP contribution in [0.2, 0.25) is 0 Å². The zero-order valence-electron chi connectivity index (χ0n) is 11.4. The lowest BCUT2D eigenvalue weighted by molar-refractivity contribution is -0.138. The number of hydrogen-bond acceptors (Lipinski definition) is 2. The van der Waals surface area contributed by atoms with Gasteiger partial charge in [0.25, 0.3) is 0 Å². The van der Waals surface area contributed by atoms with Gasteiger partial charge in [0.1, 0.15) is 0 Å². The average molecular weight is 266 g/mol. The summed E-state index contributed by atoms with van der Waals surface area (Å²) in [4.78, 5) is 1.79. The van der Waals surface area contributed by atoms with E-state index in [0.29, 0.717) is 19.0 Å². The highest BCUT2D eigenvalue weighted by Gasteiger charge is 2.35. The standard InChI is InChI=1S/C13H25F3N2/c1-11-4-3-5-12(8-11,9-17)10-18(2)7-6-13(14,15)16/h11H,3-10,17H2,1-2H3. The van der Waals surface area contributed by atoms with E-state index >= 15 is 0 Å². The molecule has 108 valence electrons. The van der Waals surface area contributed by atoms with Gasteiger partial charge in [-0.2, -0.15) is 13.2 Å². The summed E-state index contributed by atoms with van der Waals surface area (Å²) in [5.41, 5.74) is 5.91. The smallest absolute Gasteiger partial charge is 0.330 e. The molecule has 0 bridgehead atoms. The van der Waals surface area contributed by atoms with Gasteiger partial charge in [-0.15, -0.1) is 0 Å². The Morgan fingerprint density at radius 1 is 1.39 bits per heavy atom. The number of alkyl halides is 3. The molecule has 1 saturated carbocycles. The van der Waals surface area contributed by atoms with Crippen LogP contribution < -0.4 is 5.73 Å². The molecule has 1 rings (SSSR count). The monoisotopic (exact) mass is 266 g/mol. The molecule has 0 aromatic heterocycles. The maximum atomic E-state index is 12.2. The van der Waals surface area contributed by atoms with Crippen molar-refractivity contribution in [1.82, 2.24) is 4.90 Å². The van der Waals surface area contributed by atoms with Crippen LogP contribution in [0.25, 0.3) is 0 Å². The summed E-state index contributed by atoms with van der Waals surface area (Å²) < 4.78 is 36.5. The molecule has 2 N–H and O–H groups in total. The number of rotatable bonds is 5. The van der Waals surface area contributed by atoms with E-state index in [0.717, 1.165) is 19.3 Å². The Kier molecular flexibility index (Phi) is 5.46. The fraction of sp³-hybridized carbons (Fsp3) is 1.00. The largest absolute Gasteiger partial charge is 0.390 e. The molecule has 0 spiro atoms. The number of nitrogens with zero attached hydrogens (tertiary/aromatic N) is 1. The Balaban J connectivity index is 2.46. The first kappa shape index (κ1) is 15.8. The SMILES string of the molecule is CC1CCCC(CN)(CN(C)CCC(F)(F)F)C1. The lowest BCUT2D eigenvalue weighted by Crippen LogP contribution is -2.44. The molecular weight excluding hydrogens is 241 g/mol. The summed E-state index contributed by atoms with van der Waals surface area (Å²) in [5, 5.41) is 0. The lowest BCUT2D eigenvalue weighted by Gasteiger charge is -2.42. The van der Waals surface area contributed by atoms with E-state index in [9.17, 15) is 13.2 Å². The van der Waals surface area contributed by atoms with E-state index in [1.165, 1.54) is 6.42 Å². The van der Waals surface area contributed by atoms with Crippen molar-refractivity contribution >= 4 is 0 Å². The van der Waals surface area contributed by atoms with Gasteiger partial charge in [0.15, 0.2) is 0 Å². The zero-order valence-corrected chi connectivity index (χ0v) is 11.4. The molecule has 2 unspecified atom stereocenters. The Hall–Kier alpha value is -0.290. The minimum absolute atomic E-state index is 0.0258. The normalized spacial score (nSPS) is 29.8. The second-order valence-electron chi connectivity index (χ2n) is 6.01. The first-order valence-corrected chi connectivity index (χ1v) is 6.72. The highest BCUT2D eigenvalue weighted by Crippen LogP contribution is 2.39. The Morgan fingerprint density at radius 3 is 2.56 bits per heavy atom. The van der Waals surface area contributed by atoms with Gasteiger partial charge in [0.2, 0.25) is 0 Å². The average Bonchev–Trinajstić information content (AvgIpc) is 2.25. The Bertz CT molecular complexity index is 255. The van der Waals surface area contributed by atoms with E-state index in [2.05, 4.69) is 6.92 Å². The predicted octanol–water partition coefficient (Wildman–Crippen LogP) is 3.03. The van der Waals surface area contributed by atoms with Gasteiger partial charge in [-0.25, -0.2) is 0 Å². The molecular formula is C13H25F3N2. The molecule has 1 aliphatic carbocycles. The van der Waals surface area contributed by atoms with Crippen LogP contribution in [0.1, 0.15) is 39.0 Å². The number of hydrogen-bond donors (Lipinski definition) is 1. The fourth-order valence-corrected chi connectivity index (χ4v) is 3.13. The van der Waals surface area contributed by atoms with Gasteiger partial charge < -0.3 is 10.6 Å². The third kappa shape index (κ3) is 5.14. The van der Waals surface area contributed by atoms with Crippen molar-refractivity contribution in [2.45, 2.75) is 45.2 Å². The third-order valence-electron chi connectivity index (χ3n) is 4.00. The van der Waals surface area contributed by atoms with Crippen LogP contribution in [0.3, 0.4) is 0 Å². The molecule has 2 nitrogen and oxygen atoms in total. The van der Waals surface area contributed by atoms with E-state index < -0.39 is 12.6 Å². The molecule has 18 heavy (non-hydrogen) atoms. The first-order valence-electron chi connectivity index (χ1n) is 6.72. The van der Waals surface area contributed by atoms with Crippen LogP contribution in [-0.2, 0) is 0 Å². The van der Waals surface area contributed by atoms with Gasteiger partial charge in [0.05, 0.1) is 6.42 Å². The van der Waals surface area contributed by atoms with Crippen LogP contribution >= 0.6 is 0 Å². The first-order chi connectivity index (χ1) is 8.26. The van der Waals surface area contributed by atoms with Gasteiger partial charge in [-0.05, 0) is 37.8 Å². The lowest BCUT2D eigenvalue weighted by atomic mass is 9.70. The summed E-state index contributed by atoms with van der Waals surface area (Å²) in [6.45, 7) is 3.54. The van der Waals surface area contributed by atoms with Crippen molar-refractivity contribution in [3.63, 3.8) is 0 Å². The van der Waals surface area contributed by atoms with Crippen LogP contribution in [0.5, 0.6) is 0 Å². The van der Waals surface area contributed by atoms with Crippen LogP contribution in [0.15, 0.2) is 0 Å². The highest BCUT2D eigenvalue weighted by atomic mass is 19.4. The van der Waals surface area contributed by atoms with E-state index in [4.69, 9.17) is 5.73 Å². The molecule has 2 atom stereocenters. The topological polar surface area (TPSA) is 29.3 Å². The second kappa shape index (κ2) is 6.24. The highest BCUT2D eigenvalue weighted by molar-refractivity contribution is 4.88. The van der Waals surface area contributed by atoms with Crippen molar-refractivity contribution in [2.24, 2.45) is 17.1 Å².